The summed E-state index contributed by atoms with van der Waals surface area (Å²) in [5, 5.41) is 12.0. The van der Waals surface area contributed by atoms with Crippen LogP contribution in [0, 0.1) is 11.8 Å². The predicted octanol–water partition coefficient (Wildman–Crippen LogP) is 3.88. The summed E-state index contributed by atoms with van der Waals surface area (Å²) >= 11 is 0. The second kappa shape index (κ2) is 8.94. The highest BCUT2D eigenvalue weighted by Gasteiger charge is 2.34. The molecule has 2 rings (SSSR count). The van der Waals surface area contributed by atoms with Gasteiger partial charge in [-0.3, -0.25) is 0 Å². The van der Waals surface area contributed by atoms with Crippen LogP contribution in [0.2, 0.25) is 0 Å². The van der Waals surface area contributed by atoms with Crippen molar-refractivity contribution in [2.24, 2.45) is 11.8 Å². The summed E-state index contributed by atoms with van der Waals surface area (Å²) in [5.41, 5.74) is 0. The molecule has 2 fully saturated rings. The average Bonchev–Trinajstić information content (AvgIpc) is 3.17. The molecule has 2 N–H and O–H groups in total. The van der Waals surface area contributed by atoms with Crippen molar-refractivity contribution < 1.29 is 19.4 Å². The second-order valence-corrected chi connectivity index (χ2v) is 6.86. The Morgan fingerprint density at radius 3 is 2.61 bits per heavy atom. The first kappa shape index (κ1) is 17.8. The molecule has 5 heteroatoms. The van der Waals surface area contributed by atoms with Gasteiger partial charge in [0, 0.05) is 0 Å². The van der Waals surface area contributed by atoms with Crippen molar-refractivity contribution in [3.63, 3.8) is 0 Å². The molecule has 0 unspecified atom stereocenters. The molecule has 0 radical (unpaired) electrons. The van der Waals surface area contributed by atoms with Crippen molar-refractivity contribution in [2.75, 3.05) is 0 Å². The van der Waals surface area contributed by atoms with Gasteiger partial charge in [0.15, 0.2) is 0 Å². The molecule has 23 heavy (non-hydrogen) atoms. The van der Waals surface area contributed by atoms with Gasteiger partial charge < -0.3 is 15.2 Å². The number of amides is 1. The Morgan fingerprint density at radius 1 is 1.22 bits per heavy atom. The van der Waals surface area contributed by atoms with Gasteiger partial charge in [0.25, 0.3) is 0 Å². The van der Waals surface area contributed by atoms with Crippen LogP contribution in [0.15, 0.2) is 12.7 Å². The number of alkyl carbamates (subject to hydrolysis) is 1. The molecule has 2 aliphatic carbocycles. The highest BCUT2D eigenvalue weighted by atomic mass is 16.6. The van der Waals surface area contributed by atoms with Gasteiger partial charge in [-0.1, -0.05) is 18.9 Å². The minimum absolute atomic E-state index is 0.0343. The summed E-state index contributed by atoms with van der Waals surface area (Å²) in [4.78, 5) is 23.6. The van der Waals surface area contributed by atoms with Crippen LogP contribution in [0.1, 0.15) is 64.2 Å². The quantitative estimate of drug-likeness (QED) is 0.525. The van der Waals surface area contributed by atoms with Crippen molar-refractivity contribution in [1.29, 1.82) is 0 Å². The van der Waals surface area contributed by atoms with Crippen LogP contribution in [0.3, 0.4) is 0 Å². The summed E-state index contributed by atoms with van der Waals surface area (Å²) in [6, 6.07) is -0.814. The van der Waals surface area contributed by atoms with Gasteiger partial charge in [-0.25, -0.2) is 9.59 Å². The molecule has 0 bridgehead atoms. The molecule has 2 aliphatic rings. The van der Waals surface area contributed by atoms with Crippen LogP contribution in [-0.2, 0) is 9.53 Å². The van der Waals surface area contributed by atoms with Crippen molar-refractivity contribution in [3.8, 4) is 0 Å². The number of carboxylic acids is 1. The fourth-order valence-electron chi connectivity index (χ4n) is 3.98. The SMILES string of the molecule is C=CCCC[C@H]1CCC[C@@H]1OC(=O)N[C@H](C(=O)O)C1CCCC1. The lowest BCUT2D eigenvalue weighted by Gasteiger charge is -2.24. The van der Waals surface area contributed by atoms with Gasteiger partial charge in [-0.05, 0) is 63.2 Å². The van der Waals surface area contributed by atoms with E-state index in [1.165, 1.54) is 0 Å². The van der Waals surface area contributed by atoms with Crippen molar-refractivity contribution >= 4 is 12.1 Å². The number of carboxylic acid groups (broad SMARTS) is 1. The molecular formula is C18H29NO4. The molecule has 0 aliphatic heterocycles. The van der Waals surface area contributed by atoms with Crippen LogP contribution in [0.5, 0.6) is 0 Å². The number of hydrogen-bond donors (Lipinski definition) is 2. The Kier molecular flexibility index (Phi) is 6.93. The van der Waals surface area contributed by atoms with Crippen LogP contribution in [0.25, 0.3) is 0 Å². The zero-order chi connectivity index (χ0) is 16.7. The van der Waals surface area contributed by atoms with E-state index in [0.717, 1.165) is 64.2 Å². The highest BCUT2D eigenvalue weighted by molar-refractivity contribution is 5.80. The third-order valence-corrected chi connectivity index (χ3v) is 5.24. The Labute approximate surface area is 138 Å². The molecular weight excluding hydrogens is 294 g/mol. The number of carbonyl (C=O) groups is 2. The summed E-state index contributed by atoms with van der Waals surface area (Å²) < 4.78 is 5.56. The molecule has 130 valence electrons. The molecule has 0 saturated heterocycles. The van der Waals surface area contributed by atoms with Crippen molar-refractivity contribution in [3.05, 3.63) is 12.7 Å². The lowest BCUT2D eigenvalue weighted by molar-refractivity contribution is -0.140. The van der Waals surface area contributed by atoms with E-state index in [9.17, 15) is 14.7 Å². The van der Waals surface area contributed by atoms with Crippen molar-refractivity contribution in [1.82, 2.24) is 5.32 Å². The Morgan fingerprint density at radius 2 is 1.96 bits per heavy atom. The van der Waals surface area contributed by atoms with Crippen LogP contribution in [0.4, 0.5) is 4.79 Å². The van der Waals surface area contributed by atoms with Crippen LogP contribution < -0.4 is 5.32 Å². The van der Waals surface area contributed by atoms with E-state index in [4.69, 9.17) is 4.74 Å². The normalized spacial score (nSPS) is 25.9. The van der Waals surface area contributed by atoms with E-state index in [-0.39, 0.29) is 12.0 Å². The largest absolute Gasteiger partial charge is 0.480 e. The third-order valence-electron chi connectivity index (χ3n) is 5.24. The summed E-state index contributed by atoms with van der Waals surface area (Å²) in [7, 11) is 0. The van der Waals surface area contributed by atoms with Crippen LogP contribution >= 0.6 is 0 Å². The zero-order valence-electron chi connectivity index (χ0n) is 13.8. The zero-order valence-corrected chi connectivity index (χ0v) is 13.8. The van der Waals surface area contributed by atoms with E-state index in [0.29, 0.717) is 5.92 Å². The summed E-state index contributed by atoms with van der Waals surface area (Å²) in [6.07, 6.45) is 11.2. The van der Waals surface area contributed by atoms with Gasteiger partial charge in [0.2, 0.25) is 0 Å². The summed E-state index contributed by atoms with van der Waals surface area (Å²) in [6.45, 7) is 3.73. The maximum atomic E-state index is 12.1. The van der Waals surface area contributed by atoms with Gasteiger partial charge in [-0.2, -0.15) is 0 Å². The number of allylic oxidation sites excluding steroid dienone is 1. The highest BCUT2D eigenvalue weighted by Crippen LogP contribution is 2.32. The number of carbonyl (C=O) groups excluding carboxylic acids is 1. The minimum atomic E-state index is -0.956. The standard InChI is InChI=1S/C18H29NO4/c1-2-3-4-8-13-11-7-12-15(13)23-18(22)19-16(17(20)21)14-9-5-6-10-14/h2,13-16H,1,3-12H2,(H,19,22)(H,20,21)/t13-,15-,16-/m0/s1. The first-order chi connectivity index (χ1) is 11.1. The molecule has 0 heterocycles. The fraction of sp³-hybridized carbons (Fsp3) is 0.778. The lowest BCUT2D eigenvalue weighted by atomic mass is 9.98. The monoisotopic (exact) mass is 323 g/mol. The topological polar surface area (TPSA) is 75.6 Å². The first-order valence-corrected chi connectivity index (χ1v) is 8.92. The van der Waals surface area contributed by atoms with Gasteiger partial charge in [0.1, 0.15) is 12.1 Å². The number of unbranched alkanes of at least 4 members (excludes halogenated alkanes) is 1. The Hall–Kier alpha value is -1.52. The molecule has 0 aromatic carbocycles. The molecule has 2 saturated carbocycles. The number of ether oxygens (including phenoxy) is 1. The fourth-order valence-corrected chi connectivity index (χ4v) is 3.98. The minimum Gasteiger partial charge on any atom is -0.480 e. The van der Waals surface area contributed by atoms with E-state index in [2.05, 4.69) is 11.9 Å². The van der Waals surface area contributed by atoms with E-state index < -0.39 is 18.1 Å². The molecule has 0 spiro atoms. The lowest BCUT2D eigenvalue weighted by Crippen LogP contribution is -2.46. The molecule has 1 amide bonds. The Balaban J connectivity index is 1.82. The number of hydrogen-bond acceptors (Lipinski definition) is 3. The van der Waals surface area contributed by atoms with Crippen LogP contribution in [-0.4, -0.2) is 29.3 Å². The maximum absolute atomic E-state index is 12.1. The van der Waals surface area contributed by atoms with Gasteiger partial charge >= 0.3 is 12.1 Å². The summed E-state index contributed by atoms with van der Waals surface area (Å²) in [5.74, 6) is -0.523. The molecule has 0 aromatic rings. The van der Waals surface area contributed by atoms with Gasteiger partial charge in [0.05, 0.1) is 0 Å². The van der Waals surface area contributed by atoms with Crippen molar-refractivity contribution in [2.45, 2.75) is 76.4 Å². The van der Waals surface area contributed by atoms with E-state index in [1.54, 1.807) is 0 Å². The number of nitrogens with one attached hydrogen (secondary N) is 1. The molecule has 3 atom stereocenters. The van der Waals surface area contributed by atoms with E-state index >= 15 is 0 Å². The maximum Gasteiger partial charge on any atom is 0.408 e. The van der Waals surface area contributed by atoms with Gasteiger partial charge in [-0.15, -0.1) is 6.58 Å². The number of aliphatic carboxylic acids is 1. The smallest absolute Gasteiger partial charge is 0.408 e. The molecule has 5 nitrogen and oxygen atoms in total. The second-order valence-electron chi connectivity index (χ2n) is 6.86. The predicted molar refractivity (Wildman–Crippen MR) is 88.2 cm³/mol. The van der Waals surface area contributed by atoms with E-state index in [1.807, 2.05) is 6.08 Å². The average molecular weight is 323 g/mol. The first-order valence-electron chi connectivity index (χ1n) is 8.92. The third kappa shape index (κ3) is 5.26. The number of rotatable bonds is 8. The Bertz CT molecular complexity index is 417. The molecule has 0 aromatic heterocycles.